The summed E-state index contributed by atoms with van der Waals surface area (Å²) in [6.45, 7) is 0. The zero-order valence-corrected chi connectivity index (χ0v) is 13.0. The van der Waals surface area contributed by atoms with Crippen LogP contribution >= 0.6 is 43.6 Å². The molecule has 1 rings (SSSR count). The van der Waals surface area contributed by atoms with E-state index in [1.807, 2.05) is 0 Å². The van der Waals surface area contributed by atoms with Crippen LogP contribution in [0.2, 0.25) is 0 Å². The third-order valence-electron chi connectivity index (χ3n) is 2.05. The van der Waals surface area contributed by atoms with Crippen LogP contribution in [0.15, 0.2) is 23.1 Å². The number of hydrogen-bond acceptors (Lipinski definition) is 2. The van der Waals surface area contributed by atoms with Crippen molar-refractivity contribution in [3.05, 3.63) is 29.3 Å². The van der Waals surface area contributed by atoms with Gasteiger partial charge in [0, 0.05) is 27.5 Å². The van der Waals surface area contributed by atoms with Gasteiger partial charge in [-0.1, -0.05) is 37.9 Å². The van der Waals surface area contributed by atoms with E-state index in [9.17, 15) is 18.0 Å². The highest BCUT2D eigenvalue weighted by Gasteiger charge is 2.31. The second-order valence-electron chi connectivity index (χ2n) is 3.37. The lowest BCUT2D eigenvalue weighted by atomic mass is 10.1. The third kappa shape index (κ3) is 4.93. The number of carbonyl (C=O) groups is 1. The van der Waals surface area contributed by atoms with E-state index in [-0.39, 0.29) is 34.4 Å². The molecule has 0 bridgehead atoms. The van der Waals surface area contributed by atoms with Crippen LogP contribution in [0.1, 0.15) is 22.3 Å². The van der Waals surface area contributed by atoms with Gasteiger partial charge in [0.15, 0.2) is 5.78 Å². The Balaban J connectivity index is 3.12. The van der Waals surface area contributed by atoms with Crippen molar-refractivity contribution in [3.63, 3.8) is 0 Å². The molecule has 0 aliphatic heterocycles. The van der Waals surface area contributed by atoms with Gasteiger partial charge in [0.05, 0.1) is 0 Å². The highest BCUT2D eigenvalue weighted by atomic mass is 79.9. The summed E-state index contributed by atoms with van der Waals surface area (Å²) in [6.07, 6.45) is 0.180. The smallest absolute Gasteiger partial charge is 0.294 e. The van der Waals surface area contributed by atoms with E-state index in [1.54, 1.807) is 6.07 Å². The first kappa shape index (κ1) is 16.0. The lowest BCUT2D eigenvalue weighted by Crippen LogP contribution is -2.06. The van der Waals surface area contributed by atoms with Gasteiger partial charge in [-0.15, -0.1) is 0 Å². The number of thioether (sulfide) groups is 1. The number of alkyl halides is 5. The van der Waals surface area contributed by atoms with Gasteiger partial charge in [0.1, 0.15) is 0 Å². The number of ketones is 1. The number of hydrogen-bond donors (Lipinski definition) is 0. The minimum atomic E-state index is -4.39. The molecule has 0 N–H and O–H groups in total. The second-order valence-corrected chi connectivity index (χ2v) is 5.83. The van der Waals surface area contributed by atoms with Gasteiger partial charge in [-0.05, 0) is 29.5 Å². The average Bonchev–Trinajstić information content (AvgIpc) is 2.27. The first-order valence-electron chi connectivity index (χ1n) is 4.91. The number of rotatable bonds is 5. The predicted octanol–water partition coefficient (Wildman–Crippen LogP) is 5.16. The Morgan fingerprint density at radius 1 is 1.28 bits per heavy atom. The molecule has 0 saturated carbocycles. The van der Waals surface area contributed by atoms with Crippen molar-refractivity contribution in [2.45, 2.75) is 22.2 Å². The molecule has 1 nitrogen and oxygen atoms in total. The molecule has 0 amide bonds. The van der Waals surface area contributed by atoms with Crippen molar-refractivity contribution >= 4 is 49.4 Å². The lowest BCUT2D eigenvalue weighted by Gasteiger charge is -2.11. The molecule has 100 valence electrons. The van der Waals surface area contributed by atoms with Gasteiger partial charge in [0.25, 0.3) is 0 Å². The van der Waals surface area contributed by atoms with Gasteiger partial charge < -0.3 is 0 Å². The molecule has 0 unspecified atom stereocenters. The van der Waals surface area contributed by atoms with Crippen LogP contribution in [-0.4, -0.2) is 16.6 Å². The molecule has 18 heavy (non-hydrogen) atoms. The van der Waals surface area contributed by atoms with Gasteiger partial charge in [0.2, 0.25) is 0 Å². The molecule has 0 saturated heterocycles. The van der Waals surface area contributed by atoms with Crippen molar-refractivity contribution in [2.24, 2.45) is 0 Å². The quantitative estimate of drug-likeness (QED) is 0.382. The maximum Gasteiger partial charge on any atom is 0.446 e. The first-order chi connectivity index (χ1) is 8.37. The number of benzene rings is 1. The third-order valence-corrected chi connectivity index (χ3v) is 3.88. The summed E-state index contributed by atoms with van der Waals surface area (Å²) in [5.41, 5.74) is -3.56. The zero-order chi connectivity index (χ0) is 13.8. The van der Waals surface area contributed by atoms with E-state index in [4.69, 9.17) is 0 Å². The maximum absolute atomic E-state index is 12.4. The summed E-state index contributed by atoms with van der Waals surface area (Å²) in [4.78, 5) is 11.7. The molecule has 0 atom stereocenters. The molecule has 0 radical (unpaired) electrons. The van der Waals surface area contributed by atoms with Gasteiger partial charge in [-0.2, -0.15) is 13.2 Å². The fourth-order valence-electron chi connectivity index (χ4n) is 1.31. The molecule has 0 heterocycles. The second kappa shape index (κ2) is 6.96. The van der Waals surface area contributed by atoms with E-state index in [0.717, 1.165) is 0 Å². The zero-order valence-electron chi connectivity index (χ0n) is 9.06. The Bertz CT molecular complexity index is 435. The van der Waals surface area contributed by atoms with Crippen molar-refractivity contribution in [1.82, 2.24) is 0 Å². The van der Waals surface area contributed by atoms with Crippen LogP contribution in [0.4, 0.5) is 13.2 Å². The van der Waals surface area contributed by atoms with E-state index in [2.05, 4.69) is 31.9 Å². The maximum atomic E-state index is 12.4. The minimum absolute atomic E-state index is 0.0367. The molecular weight excluding hydrogens is 397 g/mol. The molecule has 1 aromatic carbocycles. The van der Waals surface area contributed by atoms with Crippen molar-refractivity contribution < 1.29 is 18.0 Å². The summed E-state index contributed by atoms with van der Waals surface area (Å²) in [7, 11) is 0. The molecule has 0 aliphatic carbocycles. The molecule has 1 aromatic rings. The average molecular weight is 406 g/mol. The molecule has 0 spiro atoms. The number of carbonyl (C=O) groups excluding carboxylic acids is 1. The normalized spacial score (nSPS) is 11.6. The van der Waals surface area contributed by atoms with Crippen LogP contribution in [0, 0.1) is 0 Å². The van der Waals surface area contributed by atoms with Crippen molar-refractivity contribution in [3.8, 4) is 0 Å². The Labute approximate surface area is 124 Å². The van der Waals surface area contributed by atoms with E-state index >= 15 is 0 Å². The highest BCUT2D eigenvalue weighted by molar-refractivity contribution is 9.09. The lowest BCUT2D eigenvalue weighted by molar-refractivity contribution is -0.0328. The Morgan fingerprint density at radius 2 is 1.94 bits per heavy atom. The van der Waals surface area contributed by atoms with Crippen LogP contribution in [0.5, 0.6) is 0 Å². The van der Waals surface area contributed by atoms with Gasteiger partial charge in [-0.3, -0.25) is 4.79 Å². The van der Waals surface area contributed by atoms with E-state index in [0.29, 0.717) is 16.2 Å². The molecule has 0 fully saturated rings. The van der Waals surface area contributed by atoms with E-state index in [1.165, 1.54) is 12.1 Å². The molecular formula is C11H9Br2F3OS. The molecule has 0 aromatic heterocycles. The molecule has 0 aliphatic rings. The Kier molecular flexibility index (Phi) is 6.20. The van der Waals surface area contributed by atoms with Crippen molar-refractivity contribution in [2.75, 3.05) is 5.33 Å². The summed E-state index contributed by atoms with van der Waals surface area (Å²) in [5, 5.41) is 0.882. The number of halogens is 5. The van der Waals surface area contributed by atoms with Crippen LogP contribution in [-0.2, 0) is 5.33 Å². The highest BCUT2D eigenvalue weighted by Crippen LogP contribution is 2.39. The Morgan fingerprint density at radius 3 is 2.44 bits per heavy atom. The fourth-order valence-corrected chi connectivity index (χ4v) is 2.77. The summed E-state index contributed by atoms with van der Waals surface area (Å²) in [6, 6.07) is 4.50. The first-order valence-corrected chi connectivity index (χ1v) is 7.97. The Hall–Kier alpha value is -0.0100. The van der Waals surface area contributed by atoms with Gasteiger partial charge >= 0.3 is 5.51 Å². The monoisotopic (exact) mass is 404 g/mol. The summed E-state index contributed by atoms with van der Waals surface area (Å²) < 4.78 is 37.3. The fraction of sp³-hybridized carbons (Fsp3) is 0.364. The van der Waals surface area contributed by atoms with Crippen LogP contribution in [0.3, 0.4) is 0 Å². The SMILES string of the molecule is O=C(CCBr)c1ccc(CBr)cc1SC(F)(F)F. The summed E-state index contributed by atoms with van der Waals surface area (Å²) in [5.74, 6) is -0.292. The standard InChI is InChI=1S/C11H9Br2F3OS/c12-4-3-9(17)8-2-1-7(6-13)5-10(8)18-11(14,15)16/h1-2,5H,3-4,6H2. The van der Waals surface area contributed by atoms with Gasteiger partial charge in [-0.25, -0.2) is 0 Å². The number of Topliss-reactive ketones (excluding diaryl/α,β-unsaturated/α-hetero) is 1. The minimum Gasteiger partial charge on any atom is -0.294 e. The predicted molar refractivity (Wildman–Crippen MR) is 73.7 cm³/mol. The topological polar surface area (TPSA) is 17.1 Å². The van der Waals surface area contributed by atoms with Crippen molar-refractivity contribution in [1.29, 1.82) is 0 Å². The van der Waals surface area contributed by atoms with Crippen LogP contribution < -0.4 is 0 Å². The largest absolute Gasteiger partial charge is 0.446 e. The van der Waals surface area contributed by atoms with E-state index < -0.39 is 5.51 Å². The molecule has 7 heteroatoms. The van der Waals surface area contributed by atoms with Crippen LogP contribution in [0.25, 0.3) is 0 Å². The summed E-state index contributed by atoms with van der Waals surface area (Å²) >= 11 is 6.04.